The van der Waals surface area contributed by atoms with E-state index in [-0.39, 0.29) is 0 Å². The second-order valence-corrected chi connectivity index (χ2v) is 89.4. The smallest absolute Gasteiger partial charge is 0.447 e. The highest BCUT2D eigenvalue weighted by molar-refractivity contribution is 7.92. The minimum atomic E-state index is -3.72. The van der Waals surface area contributed by atoms with Gasteiger partial charge in [-0.2, -0.15) is 0 Å². The van der Waals surface area contributed by atoms with Gasteiger partial charge in [0.15, 0.2) is 0 Å². The first-order valence-corrected chi connectivity index (χ1v) is 51.1. The van der Waals surface area contributed by atoms with Crippen LogP contribution in [0.25, 0.3) is 0 Å². The number of rotatable bonds is 0. The van der Waals surface area contributed by atoms with Gasteiger partial charge >= 0.3 is 115 Å². The van der Waals surface area contributed by atoms with Crippen LogP contribution in [0.15, 0.2) is 0 Å². The van der Waals surface area contributed by atoms with Crippen LogP contribution in [0.5, 0.6) is 0 Å². The van der Waals surface area contributed by atoms with Gasteiger partial charge in [0, 0.05) is 39.3 Å². The average Bonchev–Trinajstić information content (AvgIpc) is 2.62. The van der Waals surface area contributed by atoms with Crippen molar-refractivity contribution in [2.75, 3.05) is 0 Å². The normalized spacial score (nSPS) is 74.0. The molecule has 18 aliphatic heterocycles. The summed E-state index contributed by atoms with van der Waals surface area (Å²) in [4.78, 5) is 0. The van der Waals surface area contributed by atoms with Crippen LogP contribution in [0.1, 0.15) is 0 Å². The van der Waals surface area contributed by atoms with E-state index in [1.165, 1.54) is 0 Å². The van der Waals surface area contributed by atoms with Crippen LogP contribution in [0.2, 0.25) is 78.6 Å². The monoisotopic (exact) mass is 828 g/mol. The molecule has 30 heteroatoms. The molecule has 18 rings (SSSR count). The predicted octanol–water partition coefficient (Wildman–Crippen LogP) is 0.580. The number of hydrogen-bond donors (Lipinski definition) is 0. The van der Waals surface area contributed by atoms with E-state index >= 15 is 0 Å². The van der Waals surface area contributed by atoms with Crippen molar-refractivity contribution >= 4 is 115 Å². The molecule has 0 aliphatic carbocycles. The number of hydrogen-bond acceptors (Lipinski definition) is 16. The molecule has 0 unspecified atom stereocenters. The molecule has 0 N–H and O–H groups in total. The van der Waals surface area contributed by atoms with Gasteiger partial charge < -0.3 is 65.8 Å². The summed E-state index contributed by atoms with van der Waals surface area (Å²) in [6, 6.07) is 0. The van der Waals surface area contributed by atoms with Crippen molar-refractivity contribution in [2.24, 2.45) is 0 Å². The van der Waals surface area contributed by atoms with Crippen molar-refractivity contribution in [2.45, 2.75) is 78.6 Å². The fraction of sp³-hybridized carbons (Fsp3) is 1.00. The first-order chi connectivity index (χ1) is 18.8. The van der Waals surface area contributed by atoms with Gasteiger partial charge in [-0.3, -0.25) is 0 Å². The van der Waals surface area contributed by atoms with Crippen molar-refractivity contribution in [1.29, 1.82) is 0 Å². The first kappa shape index (κ1) is 30.5. The molecule has 18 saturated heterocycles. The SMILES string of the molecule is C[Si]12O[Si]3(C)O[Si]4(C)O[Si]5(C)O[Si]6(C)O[Si](C)(O1)[Si]17O[Si]48[Si](C)(O3)O[Si](C)(O[Si](C)(O[Si]1(C)O2)O[Si]7(C)O6)O[Si]8(C)O5. The molecule has 0 amide bonds. The molecule has 0 aromatic rings. The molecule has 0 radical (unpaired) electrons. The summed E-state index contributed by atoms with van der Waals surface area (Å²) >= 11 is 0. The molecular formula is C12H36O16Si14. The lowest BCUT2D eigenvalue weighted by Gasteiger charge is -2.77. The highest BCUT2D eigenvalue weighted by Gasteiger charge is 3.04. The van der Waals surface area contributed by atoms with Crippen molar-refractivity contribution < 1.29 is 65.8 Å². The van der Waals surface area contributed by atoms with Crippen LogP contribution in [-0.4, -0.2) is 115 Å². The highest BCUT2D eigenvalue weighted by Crippen LogP contribution is 2.65. The van der Waals surface area contributed by atoms with E-state index in [0.717, 1.165) is 0 Å². The Hall–Kier alpha value is 2.40. The lowest BCUT2D eigenvalue weighted by molar-refractivity contribution is 0.0599. The van der Waals surface area contributed by atoms with Crippen molar-refractivity contribution in [3.8, 4) is 0 Å². The Morgan fingerprint density at radius 1 is 0.190 bits per heavy atom. The third-order valence-corrected chi connectivity index (χ3v) is 154. The fourth-order valence-corrected chi connectivity index (χ4v) is 238. The molecule has 16 nitrogen and oxygen atoms in total. The lowest BCUT2D eigenvalue weighted by Crippen LogP contribution is -3.13. The maximum absolute atomic E-state index is 8.26. The molecule has 0 saturated carbocycles. The molecule has 0 aromatic carbocycles. The molecule has 14 bridgehead atoms. The summed E-state index contributed by atoms with van der Waals surface area (Å²) in [6.45, 7) is 16.4. The Labute approximate surface area is 258 Å². The largest absolute Gasteiger partial charge is 0.472 e. The van der Waals surface area contributed by atoms with Gasteiger partial charge in [-0.25, -0.2) is 0 Å². The molecular weight excluding hydrogens is 793 g/mol. The summed E-state index contributed by atoms with van der Waals surface area (Å²) in [5, 5.41) is 0. The molecule has 18 fully saturated rings. The van der Waals surface area contributed by atoms with Crippen molar-refractivity contribution in [3.63, 3.8) is 0 Å². The molecule has 0 atom stereocenters. The fourth-order valence-electron chi connectivity index (χ4n) is 9.88. The summed E-state index contributed by atoms with van der Waals surface area (Å²) in [5.74, 6) is 0. The van der Waals surface area contributed by atoms with Gasteiger partial charge in [0.25, 0.3) is 0 Å². The van der Waals surface area contributed by atoms with E-state index in [9.17, 15) is 0 Å². The van der Waals surface area contributed by atoms with Gasteiger partial charge in [-0.1, -0.05) is 0 Å². The molecule has 18 aliphatic rings. The highest BCUT2D eigenvalue weighted by atomic mass is 30.0. The van der Waals surface area contributed by atoms with Crippen molar-refractivity contribution in [3.05, 3.63) is 0 Å². The minimum absolute atomic E-state index is 1.89. The van der Waals surface area contributed by atoms with Crippen LogP contribution in [0.4, 0.5) is 0 Å². The zero-order valence-corrected chi connectivity index (χ0v) is 39.5. The Morgan fingerprint density at radius 2 is 0.333 bits per heavy atom. The zero-order valence-electron chi connectivity index (χ0n) is 25.5. The Kier molecular flexibility index (Phi) is 5.39. The summed E-state index contributed by atoms with van der Waals surface area (Å²) in [7, 11) is -42.6. The summed E-state index contributed by atoms with van der Waals surface area (Å²) in [5.41, 5.74) is 0. The van der Waals surface area contributed by atoms with E-state index in [0.29, 0.717) is 0 Å². The maximum atomic E-state index is 8.26. The van der Waals surface area contributed by atoms with E-state index in [4.69, 9.17) is 65.8 Å². The van der Waals surface area contributed by atoms with Crippen molar-refractivity contribution in [1.82, 2.24) is 0 Å². The topological polar surface area (TPSA) is 148 Å². The average molecular weight is 830 g/mol. The minimum Gasteiger partial charge on any atom is -0.447 e. The Bertz CT molecular complexity index is 1080. The van der Waals surface area contributed by atoms with Gasteiger partial charge in [0.1, 0.15) is 0 Å². The first-order valence-electron chi connectivity index (χ1n) is 14.0. The van der Waals surface area contributed by atoms with Crippen LogP contribution in [0.3, 0.4) is 0 Å². The Morgan fingerprint density at radius 3 is 0.476 bits per heavy atom. The van der Waals surface area contributed by atoms with Gasteiger partial charge in [-0.15, -0.1) is 0 Å². The zero-order chi connectivity index (χ0) is 30.3. The van der Waals surface area contributed by atoms with Gasteiger partial charge in [0.2, 0.25) is 0 Å². The van der Waals surface area contributed by atoms with E-state index in [2.05, 4.69) is 39.3 Å². The maximum Gasteiger partial charge on any atom is 0.472 e. The van der Waals surface area contributed by atoms with Crippen LogP contribution in [-0.2, 0) is 65.8 Å². The third kappa shape index (κ3) is 3.13. The molecule has 0 aromatic heterocycles. The van der Waals surface area contributed by atoms with Crippen LogP contribution in [0, 0.1) is 0 Å². The second kappa shape index (κ2) is 7.44. The summed E-state index contributed by atoms with van der Waals surface area (Å²) in [6.07, 6.45) is 0. The quantitative estimate of drug-likeness (QED) is 0.314. The van der Waals surface area contributed by atoms with Crippen LogP contribution >= 0.6 is 0 Å². The Balaban J connectivity index is 1.52. The lowest BCUT2D eigenvalue weighted by atomic mass is 11.9. The van der Waals surface area contributed by atoms with E-state index in [1.54, 1.807) is 0 Å². The molecule has 236 valence electrons. The molecule has 42 heavy (non-hydrogen) atoms. The third-order valence-electron chi connectivity index (χ3n) is 9.82. The van der Waals surface area contributed by atoms with E-state index < -0.39 is 115 Å². The molecule has 2 spiro atoms. The van der Waals surface area contributed by atoms with Crippen LogP contribution < -0.4 is 0 Å². The van der Waals surface area contributed by atoms with E-state index in [1.807, 2.05) is 39.3 Å². The van der Waals surface area contributed by atoms with Gasteiger partial charge in [-0.05, 0) is 39.3 Å². The van der Waals surface area contributed by atoms with Gasteiger partial charge in [0.05, 0.1) is 0 Å². The second-order valence-electron chi connectivity index (χ2n) is 13.8. The standard InChI is InChI=1S/C12H36O16Si14/c1-29-13-30(2)18-37(9)24-33(5)14-31(3)20-35(7,16-29)41-28-42(37)38(10,19-30)25-34(6,27-40(42,12)26-33)15-32(4,21-36(41,8)17-29)23-39(41,11)22-31/h1-12H3. The summed E-state index contributed by atoms with van der Waals surface area (Å²) < 4.78 is 116. The molecule has 18 heterocycles. The predicted molar refractivity (Wildman–Crippen MR) is 168 cm³/mol.